The zero-order chi connectivity index (χ0) is 16.0. The first kappa shape index (κ1) is 17.3. The van der Waals surface area contributed by atoms with Crippen LogP contribution < -0.4 is 5.32 Å². The van der Waals surface area contributed by atoms with Crippen LogP contribution in [0.2, 0.25) is 0 Å². The van der Waals surface area contributed by atoms with E-state index in [9.17, 15) is 14.7 Å². The number of aliphatic hydroxyl groups excluding tert-OH is 1. The number of carboxylic acids is 1. The molecule has 5 nitrogen and oxygen atoms in total. The summed E-state index contributed by atoms with van der Waals surface area (Å²) in [7, 11) is 0. The highest BCUT2D eigenvalue weighted by Gasteiger charge is 2.26. The first-order chi connectivity index (χ1) is 9.88. The average molecular weight is 293 g/mol. The van der Waals surface area contributed by atoms with Crippen molar-refractivity contribution in [2.75, 3.05) is 6.61 Å². The van der Waals surface area contributed by atoms with Gasteiger partial charge in [0.25, 0.3) is 0 Å². The standard InChI is InChI=1S/C16H23NO4/c1-4-12(9-18)17-14(8-15(19)20)16(21)13-7-10(2)5-6-11(13)3/h5-7,12,14,17-18H,4,8-9H2,1-3H3,(H,19,20). The normalized spacial score (nSPS) is 13.7. The molecule has 2 atom stereocenters. The van der Waals surface area contributed by atoms with Crippen LogP contribution in [0.25, 0.3) is 0 Å². The molecule has 0 amide bonds. The molecule has 0 aliphatic carbocycles. The van der Waals surface area contributed by atoms with Gasteiger partial charge >= 0.3 is 5.97 Å². The van der Waals surface area contributed by atoms with Crippen molar-refractivity contribution in [3.63, 3.8) is 0 Å². The highest BCUT2D eigenvalue weighted by Crippen LogP contribution is 2.15. The van der Waals surface area contributed by atoms with Gasteiger partial charge in [-0.25, -0.2) is 0 Å². The molecular weight excluding hydrogens is 270 g/mol. The molecule has 0 bridgehead atoms. The van der Waals surface area contributed by atoms with E-state index in [-0.39, 0.29) is 24.9 Å². The lowest BCUT2D eigenvalue weighted by molar-refractivity contribution is -0.137. The summed E-state index contributed by atoms with van der Waals surface area (Å²) in [6, 6.07) is 4.41. The molecular formula is C16H23NO4. The molecule has 0 radical (unpaired) electrons. The van der Waals surface area contributed by atoms with Crippen LogP contribution >= 0.6 is 0 Å². The molecule has 0 aromatic heterocycles. The highest BCUT2D eigenvalue weighted by atomic mass is 16.4. The second-order valence-electron chi connectivity index (χ2n) is 5.29. The van der Waals surface area contributed by atoms with Crippen LogP contribution in [0.3, 0.4) is 0 Å². The summed E-state index contributed by atoms with van der Waals surface area (Å²) in [5, 5.41) is 21.2. The number of carbonyl (C=O) groups is 2. The number of hydrogen-bond acceptors (Lipinski definition) is 4. The van der Waals surface area contributed by atoms with E-state index in [4.69, 9.17) is 5.11 Å². The number of hydrogen-bond donors (Lipinski definition) is 3. The van der Waals surface area contributed by atoms with Crippen LogP contribution in [-0.2, 0) is 4.79 Å². The van der Waals surface area contributed by atoms with Crippen molar-refractivity contribution in [1.29, 1.82) is 0 Å². The Morgan fingerprint density at radius 2 is 1.95 bits per heavy atom. The summed E-state index contributed by atoms with van der Waals surface area (Å²) >= 11 is 0. The summed E-state index contributed by atoms with van der Waals surface area (Å²) in [5.74, 6) is -1.29. The van der Waals surface area contributed by atoms with Gasteiger partial charge < -0.3 is 15.5 Å². The van der Waals surface area contributed by atoms with Gasteiger partial charge in [-0.05, 0) is 31.9 Å². The number of aryl methyl sites for hydroxylation is 2. The van der Waals surface area contributed by atoms with Crippen LogP contribution in [-0.4, -0.2) is 40.7 Å². The fourth-order valence-electron chi connectivity index (χ4n) is 2.18. The van der Waals surface area contributed by atoms with Crippen molar-refractivity contribution in [1.82, 2.24) is 5.32 Å². The Morgan fingerprint density at radius 1 is 1.29 bits per heavy atom. The molecule has 0 fully saturated rings. The van der Waals surface area contributed by atoms with E-state index in [2.05, 4.69) is 5.32 Å². The van der Waals surface area contributed by atoms with Crippen LogP contribution in [0.15, 0.2) is 18.2 Å². The van der Waals surface area contributed by atoms with E-state index in [1.54, 1.807) is 6.07 Å². The summed E-state index contributed by atoms with van der Waals surface area (Å²) < 4.78 is 0. The van der Waals surface area contributed by atoms with Crippen molar-refractivity contribution in [3.05, 3.63) is 34.9 Å². The monoisotopic (exact) mass is 293 g/mol. The quantitative estimate of drug-likeness (QED) is 0.635. The third-order valence-corrected chi connectivity index (χ3v) is 3.50. The number of carboxylic acid groups (broad SMARTS) is 1. The molecule has 1 aromatic carbocycles. The molecule has 0 spiro atoms. The van der Waals surface area contributed by atoms with Gasteiger partial charge in [-0.15, -0.1) is 0 Å². The molecule has 2 unspecified atom stereocenters. The van der Waals surface area contributed by atoms with Gasteiger partial charge in [-0.2, -0.15) is 0 Å². The summed E-state index contributed by atoms with van der Waals surface area (Å²) in [6.45, 7) is 5.45. The lowest BCUT2D eigenvalue weighted by atomic mass is 9.95. The summed E-state index contributed by atoms with van der Waals surface area (Å²) in [6.07, 6.45) is 0.315. The van der Waals surface area contributed by atoms with Gasteiger partial charge in [0.1, 0.15) is 0 Å². The third-order valence-electron chi connectivity index (χ3n) is 3.50. The minimum absolute atomic E-state index is 0.132. The van der Waals surface area contributed by atoms with Crippen LogP contribution in [0.5, 0.6) is 0 Å². The minimum Gasteiger partial charge on any atom is -0.481 e. The number of benzene rings is 1. The maximum atomic E-state index is 12.6. The number of rotatable bonds is 8. The van der Waals surface area contributed by atoms with Gasteiger partial charge in [0, 0.05) is 11.6 Å². The lowest BCUT2D eigenvalue weighted by Gasteiger charge is -2.22. The number of aliphatic hydroxyl groups is 1. The largest absolute Gasteiger partial charge is 0.481 e. The van der Waals surface area contributed by atoms with E-state index >= 15 is 0 Å². The Labute approximate surface area is 125 Å². The Morgan fingerprint density at radius 3 is 2.48 bits per heavy atom. The molecule has 116 valence electrons. The Kier molecular flexibility index (Phi) is 6.52. The second-order valence-corrected chi connectivity index (χ2v) is 5.29. The fourth-order valence-corrected chi connectivity index (χ4v) is 2.18. The smallest absolute Gasteiger partial charge is 0.305 e. The molecule has 0 aliphatic rings. The highest BCUT2D eigenvalue weighted by molar-refractivity contribution is 6.03. The van der Waals surface area contributed by atoms with E-state index in [1.807, 2.05) is 32.9 Å². The van der Waals surface area contributed by atoms with Gasteiger partial charge in [0.05, 0.1) is 19.1 Å². The van der Waals surface area contributed by atoms with Gasteiger partial charge in [0.15, 0.2) is 5.78 Å². The van der Waals surface area contributed by atoms with E-state index in [1.165, 1.54) is 0 Å². The zero-order valence-electron chi connectivity index (χ0n) is 12.7. The molecule has 0 saturated heterocycles. The third kappa shape index (κ3) is 4.95. The van der Waals surface area contributed by atoms with Crippen LogP contribution in [0.4, 0.5) is 0 Å². The van der Waals surface area contributed by atoms with Crippen molar-refractivity contribution in [2.45, 2.75) is 45.7 Å². The van der Waals surface area contributed by atoms with Gasteiger partial charge in [-0.1, -0.05) is 24.6 Å². The Hall–Kier alpha value is -1.72. The molecule has 5 heteroatoms. The lowest BCUT2D eigenvalue weighted by Crippen LogP contribution is -2.46. The molecule has 1 rings (SSSR count). The number of ketones is 1. The average Bonchev–Trinajstić information content (AvgIpc) is 2.44. The number of nitrogens with one attached hydrogen (secondary N) is 1. The topological polar surface area (TPSA) is 86.6 Å². The summed E-state index contributed by atoms with van der Waals surface area (Å²) in [5.41, 5.74) is 2.30. The van der Waals surface area contributed by atoms with Crippen LogP contribution in [0, 0.1) is 13.8 Å². The predicted octanol–water partition coefficient (Wildman–Crippen LogP) is 1.69. The maximum absolute atomic E-state index is 12.6. The zero-order valence-corrected chi connectivity index (χ0v) is 12.7. The second kappa shape index (κ2) is 7.90. The number of carbonyl (C=O) groups excluding carboxylic acids is 1. The molecule has 3 N–H and O–H groups in total. The van der Waals surface area contributed by atoms with Gasteiger partial charge in [-0.3, -0.25) is 9.59 Å². The fraction of sp³-hybridized carbons (Fsp3) is 0.500. The molecule has 0 saturated carbocycles. The first-order valence-corrected chi connectivity index (χ1v) is 7.09. The van der Waals surface area contributed by atoms with E-state index in [0.717, 1.165) is 11.1 Å². The Balaban J connectivity index is 3.03. The maximum Gasteiger partial charge on any atom is 0.305 e. The predicted molar refractivity (Wildman–Crippen MR) is 80.6 cm³/mol. The molecule has 0 aliphatic heterocycles. The number of Topliss-reactive ketones (excluding diaryl/α,β-unsaturated/α-hetero) is 1. The van der Waals surface area contributed by atoms with Crippen molar-refractivity contribution >= 4 is 11.8 Å². The van der Waals surface area contributed by atoms with Gasteiger partial charge in [0.2, 0.25) is 0 Å². The van der Waals surface area contributed by atoms with Crippen molar-refractivity contribution in [3.8, 4) is 0 Å². The Bertz CT molecular complexity index is 509. The van der Waals surface area contributed by atoms with E-state index in [0.29, 0.717) is 12.0 Å². The first-order valence-electron chi connectivity index (χ1n) is 7.09. The SMILES string of the molecule is CCC(CO)NC(CC(=O)O)C(=O)c1cc(C)ccc1C. The molecule has 1 aromatic rings. The van der Waals surface area contributed by atoms with Crippen molar-refractivity contribution in [2.24, 2.45) is 0 Å². The molecule has 0 heterocycles. The number of aliphatic carboxylic acids is 1. The van der Waals surface area contributed by atoms with E-state index < -0.39 is 12.0 Å². The van der Waals surface area contributed by atoms with Crippen molar-refractivity contribution < 1.29 is 19.8 Å². The van der Waals surface area contributed by atoms with Crippen LogP contribution in [0.1, 0.15) is 41.3 Å². The summed E-state index contributed by atoms with van der Waals surface area (Å²) in [4.78, 5) is 23.6. The minimum atomic E-state index is -1.04. The molecule has 21 heavy (non-hydrogen) atoms.